The van der Waals surface area contributed by atoms with E-state index in [0.29, 0.717) is 5.92 Å². The molecule has 22 heteroatoms. The summed E-state index contributed by atoms with van der Waals surface area (Å²) in [4.78, 5) is 0. The summed E-state index contributed by atoms with van der Waals surface area (Å²) in [5, 5.41) is 0. The summed E-state index contributed by atoms with van der Waals surface area (Å²) in [7, 11) is 0. The first-order valence-corrected chi connectivity index (χ1v) is 19.6. The van der Waals surface area contributed by atoms with Crippen LogP contribution in [0.3, 0.4) is 0 Å². The molecule has 0 fully saturated rings. The van der Waals surface area contributed by atoms with E-state index in [9.17, 15) is 52.7 Å². The number of rotatable bonds is 8. The summed E-state index contributed by atoms with van der Waals surface area (Å²) in [5.41, 5.74) is -11.5. The van der Waals surface area contributed by atoms with Crippen molar-refractivity contribution in [3.8, 4) is 0 Å². The molecule has 6 aromatic rings. The van der Waals surface area contributed by atoms with E-state index >= 15 is 35.1 Å². The van der Waals surface area contributed by atoms with Gasteiger partial charge in [0.25, 0.3) is 0 Å². The van der Waals surface area contributed by atoms with Crippen LogP contribution in [0.4, 0.5) is 87.8 Å². The maximum atomic E-state index is 15.4. The molecule has 0 aliphatic heterocycles. The van der Waals surface area contributed by atoms with Gasteiger partial charge in [-0.05, 0) is 0 Å². The van der Waals surface area contributed by atoms with Crippen molar-refractivity contribution in [2.24, 2.45) is 0 Å². The Kier molecular flexibility index (Phi) is 14.3. The molecule has 0 atom stereocenters. The topological polar surface area (TPSA) is 0 Å². The molecule has 0 unspecified atom stereocenters. The first-order chi connectivity index (χ1) is 29.4. The van der Waals surface area contributed by atoms with E-state index in [1.807, 2.05) is 0 Å². The molecule has 0 saturated heterocycles. The van der Waals surface area contributed by atoms with Gasteiger partial charge < -0.3 is 0 Å². The van der Waals surface area contributed by atoms with Gasteiger partial charge >= 0.3 is 121 Å². The molecule has 0 heterocycles. The summed E-state index contributed by atoms with van der Waals surface area (Å²) in [6, 6.07) is 18.3. The Morgan fingerprint density at radius 3 is 0.746 bits per heavy atom. The zero-order chi connectivity index (χ0) is 47.3. The van der Waals surface area contributed by atoms with Crippen LogP contribution in [0.15, 0.2) is 48.5 Å². The van der Waals surface area contributed by atoms with Crippen LogP contribution in [0.5, 0.6) is 0 Å². The van der Waals surface area contributed by atoms with E-state index in [0.717, 1.165) is 6.42 Å². The van der Waals surface area contributed by atoms with Gasteiger partial charge in [-0.2, -0.15) is 0 Å². The van der Waals surface area contributed by atoms with Gasteiger partial charge in [-0.25, -0.2) is 87.8 Å². The molecule has 0 spiro atoms. The van der Waals surface area contributed by atoms with Crippen LogP contribution in [0, 0.1) is 123 Å². The van der Waals surface area contributed by atoms with E-state index in [2.05, 4.69) is 69.3 Å². The summed E-state index contributed by atoms with van der Waals surface area (Å²) in [5.74, 6) is -70.8. The maximum Gasteiger partial charge on any atom is 0.200 e. The maximum absolute atomic E-state index is 15.4. The first kappa shape index (κ1) is 48.7. The molecule has 0 bridgehead atoms. The Morgan fingerprint density at radius 2 is 0.540 bits per heavy atom. The molecule has 63 heavy (non-hydrogen) atoms. The van der Waals surface area contributed by atoms with Crippen molar-refractivity contribution in [3.63, 3.8) is 0 Å². The van der Waals surface area contributed by atoms with Gasteiger partial charge in [-0.1, -0.05) is 0 Å². The van der Waals surface area contributed by atoms with Crippen molar-refractivity contribution in [3.05, 3.63) is 183 Å². The van der Waals surface area contributed by atoms with Crippen LogP contribution >= 0.6 is 0 Å². The van der Waals surface area contributed by atoms with E-state index in [4.69, 9.17) is 0 Å². The fourth-order valence-electron chi connectivity index (χ4n) is 6.69. The molecule has 336 valence electrons. The average Bonchev–Trinajstić information content (AvgIpc) is 3.26. The molecule has 0 saturated carbocycles. The van der Waals surface area contributed by atoms with Gasteiger partial charge in [-0.15, -0.1) is 21.9 Å². The van der Waals surface area contributed by atoms with Gasteiger partial charge in [0.2, 0.25) is 0 Å². The van der Waals surface area contributed by atoms with Gasteiger partial charge in [0.05, 0.1) is 0 Å². The third-order valence-corrected chi connectivity index (χ3v) is 12.5. The summed E-state index contributed by atoms with van der Waals surface area (Å²) < 4.78 is 297. The molecule has 0 aromatic heterocycles. The molecule has 0 radical (unpaired) electrons. The summed E-state index contributed by atoms with van der Waals surface area (Å²) in [6.45, 7) is 6.69. The smallest absolute Gasteiger partial charge is 0.200 e. The Morgan fingerprint density at radius 1 is 0.333 bits per heavy atom. The SMILES string of the molecule is CCc1ccc([I-]c2ccc(C(C)C)cc2)cc1.Fc1c(F)c(F)c([B-](c2c(F)c(F)c(F)c(F)c2F)(c2c(F)c(F)c(F)c(F)c2F)c2c(F)c(F)c(F)c(F)c2F)c(F)c1F. The van der Waals surface area contributed by atoms with E-state index < -0.39 is 144 Å². The second-order valence-corrected chi connectivity index (χ2v) is 16.6. The summed E-state index contributed by atoms with van der Waals surface area (Å²) in [6.07, 6.45) is -6.09. The Hall–Kier alpha value is -5.29. The molecular weight excluding hydrogens is 1010 g/mol. The van der Waals surface area contributed by atoms with Gasteiger partial charge in [0.1, 0.15) is 52.7 Å². The van der Waals surface area contributed by atoms with Crippen molar-refractivity contribution >= 4 is 28.0 Å². The van der Waals surface area contributed by atoms with Crippen molar-refractivity contribution in [1.29, 1.82) is 0 Å². The van der Waals surface area contributed by atoms with E-state index in [-0.39, 0.29) is 21.2 Å². The molecule has 0 aliphatic rings. The minimum absolute atomic E-state index is 0.0220. The molecular formula is C41H20BF20I-2. The quantitative estimate of drug-likeness (QED) is 0.0493. The second kappa shape index (κ2) is 18.4. The van der Waals surface area contributed by atoms with Crippen LogP contribution in [-0.2, 0) is 6.42 Å². The fourth-order valence-corrected chi connectivity index (χ4v) is 8.85. The Labute approximate surface area is 352 Å². The number of halogens is 21. The van der Waals surface area contributed by atoms with Crippen molar-refractivity contribution in [2.45, 2.75) is 33.1 Å². The third kappa shape index (κ3) is 8.11. The third-order valence-electron chi connectivity index (χ3n) is 9.78. The van der Waals surface area contributed by atoms with Gasteiger partial charge in [-0.3, -0.25) is 0 Å². The largest absolute Gasteiger partial charge is 0.207 e. The van der Waals surface area contributed by atoms with Crippen LogP contribution in [0.25, 0.3) is 0 Å². The monoisotopic (exact) mass is 1030 g/mol. The minimum Gasteiger partial charge on any atom is -0.207 e. The first-order valence-electron chi connectivity index (χ1n) is 17.5. The average molecular weight is 1030 g/mol. The summed E-state index contributed by atoms with van der Waals surface area (Å²) >= 11 is -0.0220. The Bertz CT molecular complexity index is 2370. The molecule has 6 rings (SSSR count). The number of aryl methyl sites for hydroxylation is 1. The van der Waals surface area contributed by atoms with Crippen molar-refractivity contribution in [1.82, 2.24) is 0 Å². The predicted molar refractivity (Wildman–Crippen MR) is 183 cm³/mol. The van der Waals surface area contributed by atoms with E-state index in [1.165, 1.54) is 18.3 Å². The Balaban J connectivity index is 0.000000345. The zero-order valence-corrected chi connectivity index (χ0v) is 33.6. The zero-order valence-electron chi connectivity index (χ0n) is 31.4. The van der Waals surface area contributed by atoms with Crippen molar-refractivity contribution in [2.75, 3.05) is 0 Å². The fraction of sp³-hybridized carbons (Fsp3) is 0.122. The number of hydrogen-bond acceptors (Lipinski definition) is 0. The van der Waals surface area contributed by atoms with Gasteiger partial charge in [0.15, 0.2) is 69.8 Å². The van der Waals surface area contributed by atoms with Crippen LogP contribution in [0.2, 0.25) is 0 Å². The minimum atomic E-state index is -7.22. The molecule has 0 amide bonds. The molecule has 0 N–H and O–H groups in total. The van der Waals surface area contributed by atoms with E-state index in [1.54, 1.807) is 0 Å². The standard InChI is InChI=1S/C24BF20.C17H20I/c26-5-1(6(27)14(35)21(42)13(5)34)25(2-7(28)15(36)22(43)16(37)8(2)29,3-9(30)17(38)23(44)18(39)10(3)31)4-11(32)19(40)24(45)20(41)12(4)33;1-4-14-5-9-16(10-6-14)18-17-11-7-15(8-12-17)13(2)3/h;5-13H,4H2,1-3H3/q2*-1. The molecule has 6 aromatic carbocycles. The number of hydrogen-bond donors (Lipinski definition) is 0. The molecule has 0 aliphatic carbocycles. The number of benzene rings is 6. The van der Waals surface area contributed by atoms with Crippen LogP contribution in [-0.4, -0.2) is 6.15 Å². The van der Waals surface area contributed by atoms with Crippen molar-refractivity contribution < 1.29 is 109 Å². The van der Waals surface area contributed by atoms with Crippen LogP contribution < -0.4 is 43.1 Å². The second-order valence-electron chi connectivity index (χ2n) is 13.6. The molecule has 0 nitrogen and oxygen atoms in total. The predicted octanol–water partition coefficient (Wildman–Crippen LogP) is 7.35. The normalized spacial score (nSPS) is 11.7. The van der Waals surface area contributed by atoms with Gasteiger partial charge in [0, 0.05) is 0 Å². The van der Waals surface area contributed by atoms with Crippen LogP contribution in [0.1, 0.15) is 37.8 Å².